The van der Waals surface area contributed by atoms with E-state index in [1.165, 1.54) is 12.1 Å². The number of aryl methyl sites for hydroxylation is 2. The van der Waals surface area contributed by atoms with Gasteiger partial charge in [-0.25, -0.2) is 23.2 Å². The molecule has 6 nitrogen and oxygen atoms in total. The normalized spacial score (nSPS) is 11.6. The summed E-state index contributed by atoms with van der Waals surface area (Å²) in [6.07, 6.45) is 0. The predicted octanol–water partition coefficient (Wildman–Crippen LogP) is 2.20. The van der Waals surface area contributed by atoms with Gasteiger partial charge < -0.3 is 0 Å². The molecule has 0 amide bonds. The van der Waals surface area contributed by atoms with Crippen molar-refractivity contribution >= 4 is 10.0 Å². The number of benzene rings is 2. The predicted molar refractivity (Wildman–Crippen MR) is 87.6 cm³/mol. The largest absolute Gasteiger partial charge is 0.238 e. The first-order chi connectivity index (χ1) is 10.8. The van der Waals surface area contributed by atoms with Gasteiger partial charge in [-0.15, -0.1) is 0 Å². The van der Waals surface area contributed by atoms with E-state index in [4.69, 9.17) is 5.14 Å². The Morgan fingerprint density at radius 1 is 0.957 bits per heavy atom. The van der Waals surface area contributed by atoms with Crippen molar-refractivity contribution < 1.29 is 8.42 Å². The number of sulfonamides is 1. The van der Waals surface area contributed by atoms with Gasteiger partial charge in [0.2, 0.25) is 10.0 Å². The first kappa shape index (κ1) is 15.4. The molecule has 0 atom stereocenters. The molecule has 2 N–H and O–H groups in total. The Hall–Kier alpha value is -2.51. The van der Waals surface area contributed by atoms with Crippen LogP contribution in [-0.4, -0.2) is 23.2 Å². The molecule has 2 aromatic carbocycles. The molecule has 3 aromatic rings. The van der Waals surface area contributed by atoms with E-state index in [0.29, 0.717) is 17.3 Å². The summed E-state index contributed by atoms with van der Waals surface area (Å²) in [5.74, 6) is 1.34. The molecule has 1 heterocycles. The number of rotatable bonds is 3. The maximum absolute atomic E-state index is 11.3. The molecule has 0 fully saturated rings. The molecule has 1 aromatic heterocycles. The fourth-order valence-corrected chi connectivity index (χ4v) is 2.78. The minimum atomic E-state index is -3.71. The number of primary sulfonamides is 1. The van der Waals surface area contributed by atoms with Crippen LogP contribution in [-0.2, 0) is 10.0 Å². The van der Waals surface area contributed by atoms with Gasteiger partial charge >= 0.3 is 0 Å². The van der Waals surface area contributed by atoms with E-state index in [1.807, 2.05) is 38.1 Å². The molecule has 0 aliphatic carbocycles. The summed E-state index contributed by atoms with van der Waals surface area (Å²) in [4.78, 5) is 4.53. The highest BCUT2D eigenvalue weighted by atomic mass is 32.2. The lowest BCUT2D eigenvalue weighted by Crippen LogP contribution is -2.12. The van der Waals surface area contributed by atoms with Gasteiger partial charge in [-0.3, -0.25) is 0 Å². The van der Waals surface area contributed by atoms with Crippen LogP contribution in [0.3, 0.4) is 0 Å². The van der Waals surface area contributed by atoms with Crippen molar-refractivity contribution in [3.05, 3.63) is 59.9 Å². The molecule has 23 heavy (non-hydrogen) atoms. The van der Waals surface area contributed by atoms with Gasteiger partial charge in [0.25, 0.3) is 0 Å². The minimum Gasteiger partial charge on any atom is -0.225 e. The average molecular weight is 328 g/mol. The average Bonchev–Trinajstić information content (AvgIpc) is 2.89. The molecule has 0 aliphatic heterocycles. The Morgan fingerprint density at radius 2 is 1.57 bits per heavy atom. The van der Waals surface area contributed by atoms with Crippen LogP contribution < -0.4 is 5.14 Å². The Balaban J connectivity index is 2.09. The standard InChI is InChI=1S/C16H16N4O2S/c1-11-3-5-13(6-4-11)16-18-12(2)19-20(16)14-7-9-15(10-8-14)23(17,21)22/h3-10H,1-2H3,(H2,17,21,22). The summed E-state index contributed by atoms with van der Waals surface area (Å²) in [6, 6.07) is 14.2. The van der Waals surface area contributed by atoms with Crippen LogP contribution >= 0.6 is 0 Å². The molecule has 0 spiro atoms. The van der Waals surface area contributed by atoms with Crippen LogP contribution in [0.5, 0.6) is 0 Å². The molecule has 0 aliphatic rings. The first-order valence-electron chi connectivity index (χ1n) is 6.98. The maximum Gasteiger partial charge on any atom is 0.238 e. The molecule has 118 valence electrons. The van der Waals surface area contributed by atoms with Crippen molar-refractivity contribution in [2.75, 3.05) is 0 Å². The molecule has 3 rings (SSSR count). The second kappa shape index (κ2) is 5.60. The first-order valence-corrected chi connectivity index (χ1v) is 8.53. The van der Waals surface area contributed by atoms with Gasteiger partial charge in [-0.05, 0) is 38.1 Å². The third-order valence-electron chi connectivity index (χ3n) is 3.43. The Bertz CT molecular complexity index is 943. The summed E-state index contributed by atoms with van der Waals surface area (Å²) < 4.78 is 24.4. The summed E-state index contributed by atoms with van der Waals surface area (Å²) in [5.41, 5.74) is 2.81. The number of aromatic nitrogens is 3. The molecular formula is C16H16N4O2S. The lowest BCUT2D eigenvalue weighted by atomic mass is 10.1. The highest BCUT2D eigenvalue weighted by Gasteiger charge is 2.13. The van der Waals surface area contributed by atoms with Crippen LogP contribution in [0.15, 0.2) is 53.4 Å². The Morgan fingerprint density at radius 3 is 2.13 bits per heavy atom. The van der Waals surface area contributed by atoms with Crippen LogP contribution in [0.4, 0.5) is 0 Å². The number of hydrogen-bond donors (Lipinski definition) is 1. The molecule has 0 saturated heterocycles. The third kappa shape index (κ3) is 3.15. The van der Waals surface area contributed by atoms with E-state index < -0.39 is 10.0 Å². The molecule has 0 radical (unpaired) electrons. The second-order valence-electron chi connectivity index (χ2n) is 5.30. The van der Waals surface area contributed by atoms with Crippen molar-refractivity contribution in [2.24, 2.45) is 5.14 Å². The quantitative estimate of drug-likeness (QED) is 0.798. The number of nitrogens with zero attached hydrogens (tertiary/aromatic N) is 3. The molecule has 0 saturated carbocycles. The fraction of sp³-hybridized carbons (Fsp3) is 0.125. The van der Waals surface area contributed by atoms with Crippen molar-refractivity contribution in [3.8, 4) is 17.1 Å². The molecule has 0 unspecified atom stereocenters. The van der Waals surface area contributed by atoms with Crippen LogP contribution in [0.1, 0.15) is 11.4 Å². The van der Waals surface area contributed by atoms with E-state index in [2.05, 4.69) is 10.1 Å². The van der Waals surface area contributed by atoms with Gasteiger partial charge in [0.1, 0.15) is 5.82 Å². The monoisotopic (exact) mass is 328 g/mol. The van der Waals surface area contributed by atoms with E-state index in [0.717, 1.165) is 11.1 Å². The van der Waals surface area contributed by atoms with Gasteiger partial charge in [0, 0.05) is 5.56 Å². The van der Waals surface area contributed by atoms with Gasteiger partial charge in [0.05, 0.1) is 10.6 Å². The number of nitrogens with two attached hydrogens (primary N) is 1. The van der Waals surface area contributed by atoms with Crippen molar-refractivity contribution in [2.45, 2.75) is 18.7 Å². The third-order valence-corrected chi connectivity index (χ3v) is 4.36. The highest BCUT2D eigenvalue weighted by Crippen LogP contribution is 2.22. The molecule has 7 heteroatoms. The van der Waals surface area contributed by atoms with Crippen molar-refractivity contribution in [3.63, 3.8) is 0 Å². The maximum atomic E-state index is 11.3. The van der Waals surface area contributed by atoms with Crippen molar-refractivity contribution in [1.29, 1.82) is 0 Å². The summed E-state index contributed by atoms with van der Waals surface area (Å²) in [6.45, 7) is 3.83. The van der Waals surface area contributed by atoms with Crippen LogP contribution in [0.25, 0.3) is 17.1 Å². The van der Waals surface area contributed by atoms with Crippen molar-refractivity contribution in [1.82, 2.24) is 14.8 Å². The highest BCUT2D eigenvalue weighted by molar-refractivity contribution is 7.89. The van der Waals surface area contributed by atoms with E-state index in [1.54, 1.807) is 16.8 Å². The van der Waals surface area contributed by atoms with E-state index in [9.17, 15) is 8.42 Å². The van der Waals surface area contributed by atoms with E-state index >= 15 is 0 Å². The zero-order chi connectivity index (χ0) is 16.6. The topological polar surface area (TPSA) is 90.9 Å². The van der Waals surface area contributed by atoms with Gasteiger partial charge in [-0.2, -0.15) is 5.10 Å². The minimum absolute atomic E-state index is 0.0648. The van der Waals surface area contributed by atoms with Crippen LogP contribution in [0.2, 0.25) is 0 Å². The van der Waals surface area contributed by atoms with Crippen LogP contribution in [0, 0.1) is 13.8 Å². The molecular weight excluding hydrogens is 312 g/mol. The van der Waals surface area contributed by atoms with E-state index in [-0.39, 0.29) is 4.90 Å². The lowest BCUT2D eigenvalue weighted by molar-refractivity contribution is 0.598. The second-order valence-corrected chi connectivity index (χ2v) is 6.86. The summed E-state index contributed by atoms with van der Waals surface area (Å²) in [7, 11) is -3.71. The van der Waals surface area contributed by atoms with Gasteiger partial charge in [0.15, 0.2) is 5.82 Å². The lowest BCUT2D eigenvalue weighted by Gasteiger charge is -2.07. The van der Waals surface area contributed by atoms with Gasteiger partial charge in [-0.1, -0.05) is 29.8 Å². The zero-order valence-corrected chi connectivity index (χ0v) is 13.6. The Labute approximate surface area is 134 Å². The smallest absolute Gasteiger partial charge is 0.225 e. The summed E-state index contributed by atoms with van der Waals surface area (Å²) in [5, 5.41) is 9.52. The number of hydrogen-bond acceptors (Lipinski definition) is 4. The fourth-order valence-electron chi connectivity index (χ4n) is 2.26. The summed E-state index contributed by atoms with van der Waals surface area (Å²) >= 11 is 0. The SMILES string of the molecule is Cc1ccc(-c2nc(C)nn2-c2ccc(S(N)(=O)=O)cc2)cc1. The molecule has 0 bridgehead atoms. The Kier molecular flexibility index (Phi) is 3.75. The zero-order valence-electron chi connectivity index (χ0n) is 12.8.